The Morgan fingerprint density at radius 1 is 0.905 bits per heavy atom. The van der Waals surface area contributed by atoms with E-state index in [-0.39, 0.29) is 0 Å². The van der Waals surface area contributed by atoms with E-state index >= 15 is 0 Å². The molecule has 0 aromatic rings. The fourth-order valence-electron chi connectivity index (χ4n) is 0.972. The van der Waals surface area contributed by atoms with Crippen molar-refractivity contribution < 1.29 is 32.7 Å². The van der Waals surface area contributed by atoms with Gasteiger partial charge in [0.15, 0.2) is 6.61 Å². The van der Waals surface area contributed by atoms with Gasteiger partial charge in [-0.3, -0.25) is 14.4 Å². The molecule has 1 unspecified atom stereocenters. The number of hydrogen-bond acceptors (Lipinski definition) is 7. The van der Waals surface area contributed by atoms with Crippen molar-refractivity contribution >= 4 is 25.8 Å². The SMILES string of the molecule is CC(C)(C)C(=O)OCO[P+](=O)OCC(=O)C(=O)C(C)(C)C. The van der Waals surface area contributed by atoms with Crippen molar-refractivity contribution in [1.29, 1.82) is 0 Å². The molecule has 0 bridgehead atoms. The molecule has 0 aliphatic rings. The van der Waals surface area contributed by atoms with Crippen LogP contribution in [0.2, 0.25) is 0 Å². The molecule has 120 valence electrons. The van der Waals surface area contributed by atoms with Crippen molar-refractivity contribution in [2.24, 2.45) is 10.8 Å². The predicted octanol–water partition coefficient (Wildman–Crippen LogP) is 2.41. The van der Waals surface area contributed by atoms with Gasteiger partial charge in [-0.1, -0.05) is 25.3 Å². The van der Waals surface area contributed by atoms with Crippen LogP contribution in [0.1, 0.15) is 41.5 Å². The number of rotatable bonds is 7. The first-order valence-corrected chi connectivity index (χ1v) is 7.43. The summed E-state index contributed by atoms with van der Waals surface area (Å²) < 4.78 is 25.2. The van der Waals surface area contributed by atoms with E-state index in [4.69, 9.17) is 4.74 Å². The molecule has 0 aromatic carbocycles. The smallest absolute Gasteiger partial charge is 0.433 e. The summed E-state index contributed by atoms with van der Waals surface area (Å²) in [6.45, 7) is 8.56. The second kappa shape index (κ2) is 7.73. The highest BCUT2D eigenvalue weighted by atomic mass is 31.1. The lowest BCUT2D eigenvalue weighted by molar-refractivity contribution is -0.159. The first kappa shape index (κ1) is 19.8. The summed E-state index contributed by atoms with van der Waals surface area (Å²) in [5.41, 5.74) is -1.53. The van der Waals surface area contributed by atoms with Gasteiger partial charge >= 0.3 is 14.2 Å². The Bertz CT molecular complexity index is 429. The molecule has 0 aliphatic carbocycles. The molecule has 0 amide bonds. The Balaban J connectivity index is 4.05. The van der Waals surface area contributed by atoms with Crippen LogP contribution in [-0.2, 0) is 32.7 Å². The van der Waals surface area contributed by atoms with Gasteiger partial charge in [0, 0.05) is 9.98 Å². The Morgan fingerprint density at radius 3 is 1.86 bits per heavy atom. The van der Waals surface area contributed by atoms with Gasteiger partial charge in [0.05, 0.1) is 5.41 Å². The van der Waals surface area contributed by atoms with Crippen LogP contribution in [0, 0.1) is 10.8 Å². The number of hydrogen-bond donors (Lipinski definition) is 0. The summed E-state index contributed by atoms with van der Waals surface area (Å²) in [4.78, 5) is 34.4. The third-order valence-corrected chi connectivity index (χ3v) is 2.85. The minimum atomic E-state index is -2.64. The monoisotopic (exact) mass is 321 g/mol. The highest BCUT2D eigenvalue weighted by Gasteiger charge is 2.32. The zero-order valence-corrected chi connectivity index (χ0v) is 14.1. The quantitative estimate of drug-likeness (QED) is 0.307. The first-order valence-electron chi connectivity index (χ1n) is 6.33. The van der Waals surface area contributed by atoms with Crippen LogP contribution >= 0.6 is 8.25 Å². The molecule has 0 aromatic heterocycles. The average molecular weight is 321 g/mol. The Morgan fingerprint density at radius 2 is 1.43 bits per heavy atom. The highest BCUT2D eigenvalue weighted by Crippen LogP contribution is 2.25. The largest absolute Gasteiger partial charge is 0.701 e. The van der Waals surface area contributed by atoms with E-state index < -0.39 is 50.0 Å². The maximum atomic E-state index is 11.6. The zero-order valence-electron chi connectivity index (χ0n) is 13.2. The molecule has 0 saturated heterocycles. The fraction of sp³-hybridized carbons (Fsp3) is 0.769. The maximum Gasteiger partial charge on any atom is 0.701 e. The van der Waals surface area contributed by atoms with Crippen LogP contribution in [0.25, 0.3) is 0 Å². The minimum absolute atomic E-state index is 0.523. The van der Waals surface area contributed by atoms with Crippen LogP contribution in [0.15, 0.2) is 0 Å². The standard InChI is InChI=1S/C13H22O7P/c1-12(2,3)10(15)9(14)7-19-21(17)20-8-18-11(16)13(4,5)6/h7-8H2,1-6H3/q+1. The third kappa shape index (κ3) is 7.99. The molecule has 0 rings (SSSR count). The van der Waals surface area contributed by atoms with Crippen molar-refractivity contribution in [1.82, 2.24) is 0 Å². The van der Waals surface area contributed by atoms with Crippen LogP contribution in [0.4, 0.5) is 0 Å². The minimum Gasteiger partial charge on any atom is -0.433 e. The maximum absolute atomic E-state index is 11.6. The number of Topliss-reactive ketones (excluding diaryl/α,β-unsaturated/α-hetero) is 2. The molecule has 1 atom stereocenters. The van der Waals surface area contributed by atoms with Crippen molar-refractivity contribution in [3.8, 4) is 0 Å². The van der Waals surface area contributed by atoms with Gasteiger partial charge in [-0.05, 0) is 20.8 Å². The van der Waals surface area contributed by atoms with Crippen molar-refractivity contribution in [2.45, 2.75) is 41.5 Å². The second-order valence-corrected chi connectivity index (χ2v) is 7.39. The Kier molecular flexibility index (Phi) is 7.30. The van der Waals surface area contributed by atoms with E-state index in [9.17, 15) is 18.9 Å². The molecule has 0 heterocycles. The van der Waals surface area contributed by atoms with Crippen molar-refractivity contribution in [3.05, 3.63) is 0 Å². The van der Waals surface area contributed by atoms with Crippen LogP contribution in [-0.4, -0.2) is 30.9 Å². The summed E-state index contributed by atoms with van der Waals surface area (Å²) in [5, 5.41) is 0. The third-order valence-electron chi connectivity index (χ3n) is 2.20. The number of carbonyl (C=O) groups is 3. The molecule has 21 heavy (non-hydrogen) atoms. The van der Waals surface area contributed by atoms with Gasteiger partial charge in [-0.2, -0.15) is 0 Å². The first-order chi connectivity index (χ1) is 9.35. The molecule has 0 radical (unpaired) electrons. The molecule has 0 spiro atoms. The van der Waals surface area contributed by atoms with E-state index in [1.54, 1.807) is 41.5 Å². The fourth-order valence-corrected chi connectivity index (χ4v) is 1.41. The predicted molar refractivity (Wildman–Crippen MR) is 74.5 cm³/mol. The summed E-state index contributed by atoms with van der Waals surface area (Å²) >= 11 is 0. The van der Waals surface area contributed by atoms with Crippen molar-refractivity contribution in [3.63, 3.8) is 0 Å². The lowest BCUT2D eigenvalue weighted by Gasteiger charge is -2.14. The van der Waals surface area contributed by atoms with Gasteiger partial charge in [0.1, 0.15) is 0 Å². The Hall–Kier alpha value is -1.17. The van der Waals surface area contributed by atoms with Gasteiger partial charge < -0.3 is 4.74 Å². The number of ether oxygens (including phenoxy) is 1. The highest BCUT2D eigenvalue weighted by molar-refractivity contribution is 7.33. The lowest BCUT2D eigenvalue weighted by Crippen LogP contribution is -2.30. The normalized spacial score (nSPS) is 12.8. The molecule has 0 fully saturated rings. The topological polar surface area (TPSA) is 96.0 Å². The molecule has 8 heteroatoms. The van der Waals surface area contributed by atoms with Gasteiger partial charge in [-0.25, -0.2) is 0 Å². The van der Waals surface area contributed by atoms with Crippen LogP contribution < -0.4 is 0 Å². The van der Waals surface area contributed by atoms with Gasteiger partial charge in [0.2, 0.25) is 18.4 Å². The van der Waals surface area contributed by atoms with Gasteiger partial charge in [0.25, 0.3) is 0 Å². The number of carbonyl (C=O) groups excluding carboxylic acids is 3. The van der Waals surface area contributed by atoms with Crippen molar-refractivity contribution in [2.75, 3.05) is 13.4 Å². The van der Waals surface area contributed by atoms with Crippen LogP contribution in [0.5, 0.6) is 0 Å². The molecule has 7 nitrogen and oxygen atoms in total. The number of esters is 1. The van der Waals surface area contributed by atoms with Crippen LogP contribution in [0.3, 0.4) is 0 Å². The average Bonchev–Trinajstić information content (AvgIpc) is 2.32. The lowest BCUT2D eigenvalue weighted by atomic mass is 9.89. The molecule has 0 aliphatic heterocycles. The molecule has 0 N–H and O–H groups in total. The number of ketones is 2. The Labute approximate surface area is 125 Å². The molecular weight excluding hydrogens is 299 g/mol. The molecular formula is C13H22O7P+. The van der Waals surface area contributed by atoms with E-state index in [0.717, 1.165) is 0 Å². The van der Waals surface area contributed by atoms with E-state index in [2.05, 4.69) is 9.05 Å². The zero-order chi connectivity index (χ0) is 16.8. The summed E-state index contributed by atoms with van der Waals surface area (Å²) in [7, 11) is -2.64. The summed E-state index contributed by atoms with van der Waals surface area (Å²) in [6, 6.07) is 0. The van der Waals surface area contributed by atoms with E-state index in [1.165, 1.54) is 0 Å². The summed E-state index contributed by atoms with van der Waals surface area (Å²) in [6.07, 6.45) is 0. The van der Waals surface area contributed by atoms with E-state index in [0.29, 0.717) is 0 Å². The second-order valence-electron chi connectivity index (χ2n) is 6.43. The van der Waals surface area contributed by atoms with E-state index in [1.807, 2.05) is 0 Å². The van der Waals surface area contributed by atoms with Gasteiger partial charge in [-0.15, -0.1) is 4.52 Å². The summed E-state index contributed by atoms with van der Waals surface area (Å²) in [5.74, 6) is -1.93. The molecule has 0 saturated carbocycles.